The van der Waals surface area contributed by atoms with E-state index in [-0.39, 0.29) is 17.6 Å². The van der Waals surface area contributed by atoms with E-state index in [1.54, 1.807) is 24.3 Å². The van der Waals surface area contributed by atoms with Crippen LogP contribution in [0.3, 0.4) is 0 Å². The number of nitrogens with one attached hydrogen (secondary N) is 2. The Morgan fingerprint density at radius 1 is 1.08 bits per heavy atom. The Labute approximate surface area is 142 Å². The number of carbonyl (C=O) groups excluding carboxylic acids is 1. The van der Waals surface area contributed by atoms with Gasteiger partial charge in [-0.3, -0.25) is 9.89 Å². The van der Waals surface area contributed by atoms with Crippen LogP contribution in [0.25, 0.3) is 11.3 Å². The van der Waals surface area contributed by atoms with Crippen LogP contribution in [0.2, 0.25) is 5.02 Å². The SMILES string of the molecule is O=C1C[C@H](c2ccc(F)cc2)c2c(n[nH]c2-c2ccc(Cl)cc2)N1. The Morgan fingerprint density at radius 2 is 1.79 bits per heavy atom. The van der Waals surface area contributed by atoms with Crippen molar-refractivity contribution in [1.29, 1.82) is 0 Å². The first-order valence-electron chi connectivity index (χ1n) is 7.51. The van der Waals surface area contributed by atoms with E-state index in [1.165, 1.54) is 12.1 Å². The molecule has 1 atom stereocenters. The number of hydrogen-bond donors (Lipinski definition) is 2. The van der Waals surface area contributed by atoms with Crippen LogP contribution in [0, 0.1) is 5.82 Å². The zero-order valence-corrected chi connectivity index (χ0v) is 13.3. The maximum Gasteiger partial charge on any atom is 0.226 e. The summed E-state index contributed by atoms with van der Waals surface area (Å²) in [4.78, 5) is 12.0. The molecule has 120 valence electrons. The second-order valence-electron chi connectivity index (χ2n) is 5.72. The minimum absolute atomic E-state index is 0.106. The quantitative estimate of drug-likeness (QED) is 0.728. The number of H-pyrrole nitrogens is 1. The van der Waals surface area contributed by atoms with Gasteiger partial charge in [-0.15, -0.1) is 0 Å². The Morgan fingerprint density at radius 3 is 2.50 bits per heavy atom. The molecule has 0 spiro atoms. The van der Waals surface area contributed by atoms with E-state index in [1.807, 2.05) is 12.1 Å². The van der Waals surface area contributed by atoms with Crippen LogP contribution in [-0.2, 0) is 4.79 Å². The molecule has 4 rings (SSSR count). The summed E-state index contributed by atoms with van der Waals surface area (Å²) in [7, 11) is 0. The zero-order chi connectivity index (χ0) is 16.7. The van der Waals surface area contributed by atoms with E-state index in [2.05, 4.69) is 15.5 Å². The van der Waals surface area contributed by atoms with Gasteiger partial charge in [-0.25, -0.2) is 4.39 Å². The number of nitrogens with zero attached hydrogens (tertiary/aromatic N) is 1. The molecule has 0 saturated heterocycles. The van der Waals surface area contributed by atoms with Gasteiger partial charge in [0, 0.05) is 28.5 Å². The highest BCUT2D eigenvalue weighted by atomic mass is 35.5. The summed E-state index contributed by atoms with van der Waals surface area (Å²) in [5, 5.41) is 10.7. The average Bonchev–Trinajstić information content (AvgIpc) is 2.99. The van der Waals surface area contributed by atoms with Crippen LogP contribution in [0.1, 0.15) is 23.5 Å². The molecule has 4 nitrogen and oxygen atoms in total. The lowest BCUT2D eigenvalue weighted by Crippen LogP contribution is -2.23. The van der Waals surface area contributed by atoms with E-state index in [4.69, 9.17) is 11.6 Å². The number of aromatic amines is 1. The third kappa shape index (κ3) is 2.57. The Kier molecular flexibility index (Phi) is 3.58. The number of halogens is 2. The van der Waals surface area contributed by atoms with Gasteiger partial charge in [0.05, 0.1) is 5.69 Å². The lowest BCUT2D eigenvalue weighted by molar-refractivity contribution is -0.116. The van der Waals surface area contributed by atoms with Gasteiger partial charge in [0.2, 0.25) is 5.91 Å². The molecule has 0 aliphatic carbocycles. The molecule has 1 aromatic heterocycles. The number of fused-ring (bicyclic) bond motifs is 1. The van der Waals surface area contributed by atoms with Gasteiger partial charge < -0.3 is 5.32 Å². The number of anilines is 1. The van der Waals surface area contributed by atoms with Crippen molar-refractivity contribution in [3.63, 3.8) is 0 Å². The summed E-state index contributed by atoms with van der Waals surface area (Å²) >= 11 is 5.96. The maximum atomic E-state index is 13.2. The molecule has 24 heavy (non-hydrogen) atoms. The molecule has 2 heterocycles. The van der Waals surface area contributed by atoms with Gasteiger partial charge in [-0.1, -0.05) is 35.9 Å². The summed E-state index contributed by atoms with van der Waals surface area (Å²) in [6.07, 6.45) is 0.290. The van der Waals surface area contributed by atoms with E-state index in [9.17, 15) is 9.18 Å². The highest BCUT2D eigenvalue weighted by Gasteiger charge is 2.31. The zero-order valence-electron chi connectivity index (χ0n) is 12.5. The van der Waals surface area contributed by atoms with Crippen LogP contribution >= 0.6 is 11.6 Å². The second kappa shape index (κ2) is 5.76. The summed E-state index contributed by atoms with van der Waals surface area (Å²) in [5.41, 5.74) is 3.54. The summed E-state index contributed by atoms with van der Waals surface area (Å²) < 4.78 is 13.2. The van der Waals surface area contributed by atoms with E-state index in [0.29, 0.717) is 17.3 Å². The van der Waals surface area contributed by atoms with Gasteiger partial charge in [0.15, 0.2) is 5.82 Å². The van der Waals surface area contributed by atoms with Crippen molar-refractivity contribution in [2.45, 2.75) is 12.3 Å². The summed E-state index contributed by atoms with van der Waals surface area (Å²) in [6, 6.07) is 13.6. The van der Waals surface area contributed by atoms with Crippen LogP contribution in [0.15, 0.2) is 48.5 Å². The predicted molar refractivity (Wildman–Crippen MR) is 90.5 cm³/mol. The number of rotatable bonds is 2. The van der Waals surface area contributed by atoms with E-state index < -0.39 is 0 Å². The standard InChI is InChI=1S/C18H13ClFN3O/c19-12-5-1-11(2-6-12)17-16-14(10-3-7-13(20)8-4-10)9-15(24)21-18(16)23-22-17/h1-8,14H,9H2,(H2,21,22,23,24)/t14-/m1/s1. The second-order valence-corrected chi connectivity index (χ2v) is 6.16. The molecule has 0 radical (unpaired) electrons. The van der Waals surface area contributed by atoms with Gasteiger partial charge in [0.1, 0.15) is 5.82 Å². The van der Waals surface area contributed by atoms with Crippen molar-refractivity contribution >= 4 is 23.3 Å². The molecule has 0 unspecified atom stereocenters. The monoisotopic (exact) mass is 341 g/mol. The topological polar surface area (TPSA) is 57.8 Å². The molecule has 1 amide bonds. The number of hydrogen-bond acceptors (Lipinski definition) is 2. The number of aromatic nitrogens is 2. The van der Waals surface area contributed by atoms with Crippen molar-refractivity contribution in [2.75, 3.05) is 5.32 Å². The molecule has 1 aliphatic rings. The lowest BCUT2D eigenvalue weighted by Gasteiger charge is -2.23. The van der Waals surface area contributed by atoms with Gasteiger partial charge in [-0.2, -0.15) is 5.10 Å². The molecular weight excluding hydrogens is 329 g/mol. The molecule has 0 bridgehead atoms. The smallest absolute Gasteiger partial charge is 0.226 e. The Balaban J connectivity index is 1.85. The fraction of sp³-hybridized carbons (Fsp3) is 0.111. The van der Waals surface area contributed by atoms with Gasteiger partial charge in [0.25, 0.3) is 0 Å². The molecule has 2 aromatic carbocycles. The number of benzene rings is 2. The molecule has 0 fully saturated rings. The van der Waals surface area contributed by atoms with Gasteiger partial charge >= 0.3 is 0 Å². The molecule has 1 aliphatic heterocycles. The molecule has 3 aromatic rings. The largest absolute Gasteiger partial charge is 0.309 e. The number of carbonyl (C=O) groups is 1. The highest BCUT2D eigenvalue weighted by Crippen LogP contribution is 2.41. The molecular formula is C18H13ClFN3O. The van der Waals surface area contributed by atoms with E-state index in [0.717, 1.165) is 22.4 Å². The van der Waals surface area contributed by atoms with Crippen LogP contribution < -0.4 is 5.32 Å². The van der Waals surface area contributed by atoms with Crippen molar-refractivity contribution in [1.82, 2.24) is 10.2 Å². The number of amides is 1. The van der Waals surface area contributed by atoms with Crippen LogP contribution in [0.4, 0.5) is 10.2 Å². The van der Waals surface area contributed by atoms with Gasteiger partial charge in [-0.05, 0) is 29.8 Å². The third-order valence-electron chi connectivity index (χ3n) is 4.21. The first-order chi connectivity index (χ1) is 11.6. The van der Waals surface area contributed by atoms with Crippen molar-refractivity contribution in [2.24, 2.45) is 0 Å². The van der Waals surface area contributed by atoms with Crippen molar-refractivity contribution < 1.29 is 9.18 Å². The minimum atomic E-state index is -0.302. The van der Waals surface area contributed by atoms with Crippen molar-refractivity contribution in [3.05, 3.63) is 70.5 Å². The summed E-state index contributed by atoms with van der Waals surface area (Å²) in [6.45, 7) is 0. The van der Waals surface area contributed by atoms with Crippen molar-refractivity contribution in [3.8, 4) is 11.3 Å². The van der Waals surface area contributed by atoms with Crippen LogP contribution in [0.5, 0.6) is 0 Å². The normalized spacial score (nSPS) is 16.6. The average molecular weight is 342 g/mol. The first kappa shape index (κ1) is 14.9. The molecule has 6 heteroatoms. The fourth-order valence-corrected chi connectivity index (χ4v) is 3.20. The Hall–Kier alpha value is -2.66. The predicted octanol–water partition coefficient (Wildman–Crippen LogP) is 4.34. The lowest BCUT2D eigenvalue weighted by atomic mass is 9.84. The molecule has 0 saturated carbocycles. The Bertz CT molecular complexity index is 903. The third-order valence-corrected chi connectivity index (χ3v) is 4.46. The van der Waals surface area contributed by atoms with E-state index >= 15 is 0 Å². The first-order valence-corrected chi connectivity index (χ1v) is 7.89. The fourth-order valence-electron chi connectivity index (χ4n) is 3.07. The summed E-state index contributed by atoms with van der Waals surface area (Å²) in [5.74, 6) is -0.0698. The maximum absolute atomic E-state index is 13.2. The minimum Gasteiger partial charge on any atom is -0.309 e. The molecule has 2 N–H and O–H groups in total. The van der Waals surface area contributed by atoms with Crippen LogP contribution in [-0.4, -0.2) is 16.1 Å². The highest BCUT2D eigenvalue weighted by molar-refractivity contribution is 6.30.